The summed E-state index contributed by atoms with van der Waals surface area (Å²) in [6, 6.07) is 5.56. The van der Waals surface area contributed by atoms with E-state index < -0.39 is 22.0 Å². The Morgan fingerprint density at radius 1 is 1.47 bits per heavy atom. The molecule has 0 fully saturated rings. The van der Waals surface area contributed by atoms with Gasteiger partial charge in [0.05, 0.1) is 13.4 Å². The van der Waals surface area contributed by atoms with Crippen LogP contribution in [0.3, 0.4) is 0 Å². The van der Waals surface area contributed by atoms with Crippen molar-refractivity contribution in [3.05, 3.63) is 35.4 Å². The summed E-state index contributed by atoms with van der Waals surface area (Å²) < 4.78 is 29.2. The smallest absolute Gasteiger partial charge is 0.324 e. The van der Waals surface area contributed by atoms with Crippen molar-refractivity contribution in [3.8, 4) is 0 Å². The van der Waals surface area contributed by atoms with Gasteiger partial charge in [-0.25, -0.2) is 13.1 Å². The van der Waals surface area contributed by atoms with Crippen molar-refractivity contribution in [2.45, 2.75) is 12.5 Å². The van der Waals surface area contributed by atoms with E-state index in [0.29, 0.717) is 17.4 Å². The van der Waals surface area contributed by atoms with Crippen LogP contribution in [0.25, 0.3) is 0 Å². The largest absolute Gasteiger partial charge is 0.468 e. The highest BCUT2D eigenvalue weighted by atomic mass is 32.2. The third-order valence-electron chi connectivity index (χ3n) is 2.37. The molecule has 0 saturated carbocycles. The third kappa shape index (κ3) is 5.19. The van der Waals surface area contributed by atoms with E-state index in [2.05, 4.69) is 9.46 Å². The number of methoxy groups -OCH3 is 1. The van der Waals surface area contributed by atoms with Gasteiger partial charge in [0.15, 0.2) is 0 Å². The lowest BCUT2D eigenvalue weighted by molar-refractivity contribution is -0.142. The summed E-state index contributed by atoms with van der Waals surface area (Å²) in [6.07, 6.45) is 1.76. The first-order valence-electron chi connectivity index (χ1n) is 5.45. The first kappa shape index (κ1) is 15.3. The molecular formula is C12H15NO5S. The van der Waals surface area contributed by atoms with E-state index in [1.807, 2.05) is 0 Å². The fourth-order valence-corrected chi connectivity index (χ4v) is 2.30. The average molecular weight is 285 g/mol. The zero-order valence-corrected chi connectivity index (χ0v) is 11.4. The zero-order valence-electron chi connectivity index (χ0n) is 10.6. The number of sulfonamides is 1. The monoisotopic (exact) mass is 285 g/mol. The highest BCUT2D eigenvalue weighted by Gasteiger charge is 2.23. The van der Waals surface area contributed by atoms with Gasteiger partial charge in [0.25, 0.3) is 0 Å². The van der Waals surface area contributed by atoms with Crippen LogP contribution in [0.2, 0.25) is 0 Å². The lowest BCUT2D eigenvalue weighted by Crippen LogP contribution is -2.42. The molecule has 0 aliphatic rings. The van der Waals surface area contributed by atoms with E-state index >= 15 is 0 Å². The topological polar surface area (TPSA) is 89.5 Å². The summed E-state index contributed by atoms with van der Waals surface area (Å²) in [5.41, 5.74) is 1.12. The van der Waals surface area contributed by atoms with Crippen molar-refractivity contribution >= 4 is 22.3 Å². The number of benzene rings is 1. The number of esters is 1. The van der Waals surface area contributed by atoms with Crippen LogP contribution in [0.4, 0.5) is 0 Å². The Hall–Kier alpha value is -1.73. The summed E-state index contributed by atoms with van der Waals surface area (Å²) in [6.45, 7) is 0. The molecule has 0 spiro atoms. The Bertz CT molecular complexity index is 567. The number of hydrogen-bond donors (Lipinski definition) is 1. The molecule has 19 heavy (non-hydrogen) atoms. The molecule has 0 radical (unpaired) electrons. The second-order valence-electron chi connectivity index (χ2n) is 4.03. The first-order chi connectivity index (χ1) is 8.85. The Balaban J connectivity index is 2.93. The lowest BCUT2D eigenvalue weighted by atomic mass is 10.0. The zero-order chi connectivity index (χ0) is 14.5. The van der Waals surface area contributed by atoms with E-state index in [0.717, 1.165) is 6.26 Å². The molecule has 6 nitrogen and oxygen atoms in total. The lowest BCUT2D eigenvalue weighted by Gasteiger charge is -2.15. The van der Waals surface area contributed by atoms with Crippen LogP contribution in [0.15, 0.2) is 24.3 Å². The van der Waals surface area contributed by atoms with Gasteiger partial charge in [0.1, 0.15) is 12.3 Å². The number of aldehydes is 1. The summed E-state index contributed by atoms with van der Waals surface area (Å²) in [4.78, 5) is 22.2. The van der Waals surface area contributed by atoms with Crippen LogP contribution < -0.4 is 4.72 Å². The predicted octanol–water partition coefficient (Wildman–Crippen LogP) is 0.132. The molecule has 0 amide bonds. The maximum Gasteiger partial charge on any atom is 0.324 e. The number of carbonyl (C=O) groups is 2. The maximum atomic E-state index is 11.5. The Morgan fingerprint density at radius 3 is 2.68 bits per heavy atom. The summed E-state index contributed by atoms with van der Waals surface area (Å²) in [5, 5.41) is 0. The number of ether oxygens (including phenoxy) is 1. The molecular weight excluding hydrogens is 270 g/mol. The van der Waals surface area contributed by atoms with Gasteiger partial charge in [0, 0.05) is 5.56 Å². The number of hydrogen-bond acceptors (Lipinski definition) is 5. The SMILES string of the molecule is COC(=O)[C@H](Cc1cccc(C=O)c1)NS(C)(=O)=O. The molecule has 1 N–H and O–H groups in total. The van der Waals surface area contributed by atoms with Crippen LogP contribution in [-0.4, -0.2) is 40.1 Å². The van der Waals surface area contributed by atoms with Crippen LogP contribution in [0.1, 0.15) is 15.9 Å². The van der Waals surface area contributed by atoms with E-state index in [1.54, 1.807) is 24.3 Å². The van der Waals surface area contributed by atoms with Crippen molar-refractivity contribution in [2.75, 3.05) is 13.4 Å². The van der Waals surface area contributed by atoms with Crippen LogP contribution in [0, 0.1) is 0 Å². The molecule has 0 aliphatic heterocycles. The molecule has 0 aliphatic carbocycles. The van der Waals surface area contributed by atoms with Gasteiger partial charge < -0.3 is 4.74 Å². The predicted molar refractivity (Wildman–Crippen MR) is 69.3 cm³/mol. The highest BCUT2D eigenvalue weighted by molar-refractivity contribution is 7.88. The van der Waals surface area contributed by atoms with Gasteiger partial charge in [-0.05, 0) is 18.1 Å². The second kappa shape index (κ2) is 6.44. The quantitative estimate of drug-likeness (QED) is 0.593. The number of rotatable bonds is 6. The van der Waals surface area contributed by atoms with Crippen molar-refractivity contribution in [1.82, 2.24) is 4.72 Å². The van der Waals surface area contributed by atoms with Crippen molar-refractivity contribution in [2.24, 2.45) is 0 Å². The van der Waals surface area contributed by atoms with Gasteiger partial charge in [-0.15, -0.1) is 0 Å². The van der Waals surface area contributed by atoms with Crippen molar-refractivity contribution in [1.29, 1.82) is 0 Å². The maximum absolute atomic E-state index is 11.5. The van der Waals surface area contributed by atoms with Gasteiger partial charge in [-0.1, -0.05) is 18.2 Å². The van der Waals surface area contributed by atoms with Gasteiger partial charge in [-0.3, -0.25) is 9.59 Å². The molecule has 1 aromatic carbocycles. The van der Waals surface area contributed by atoms with Crippen LogP contribution in [-0.2, 0) is 26.0 Å². The normalized spacial score (nSPS) is 12.7. The van der Waals surface area contributed by atoms with Gasteiger partial charge >= 0.3 is 5.97 Å². The minimum Gasteiger partial charge on any atom is -0.468 e. The van der Waals surface area contributed by atoms with Gasteiger partial charge in [0.2, 0.25) is 10.0 Å². The molecule has 0 unspecified atom stereocenters. The van der Waals surface area contributed by atoms with E-state index in [4.69, 9.17) is 0 Å². The molecule has 104 valence electrons. The van der Waals surface area contributed by atoms with E-state index in [1.165, 1.54) is 7.11 Å². The minimum absolute atomic E-state index is 0.113. The fraction of sp³-hybridized carbons (Fsp3) is 0.333. The standard InChI is InChI=1S/C12H15NO5S/c1-18-12(15)11(13-19(2,16)17)7-9-4-3-5-10(6-9)8-14/h3-6,8,11,13H,7H2,1-2H3/t11-/m0/s1. The molecule has 7 heteroatoms. The Labute approximate surface area is 111 Å². The van der Waals surface area contributed by atoms with Crippen LogP contribution in [0.5, 0.6) is 0 Å². The summed E-state index contributed by atoms with van der Waals surface area (Å²) in [7, 11) is -2.35. The summed E-state index contributed by atoms with van der Waals surface area (Å²) in [5.74, 6) is -0.679. The molecule has 0 heterocycles. The number of nitrogens with one attached hydrogen (secondary N) is 1. The van der Waals surface area contributed by atoms with Crippen LogP contribution >= 0.6 is 0 Å². The second-order valence-corrected chi connectivity index (χ2v) is 5.81. The third-order valence-corrected chi connectivity index (χ3v) is 3.08. The molecule has 1 rings (SSSR count). The van der Waals surface area contributed by atoms with E-state index in [9.17, 15) is 18.0 Å². The van der Waals surface area contributed by atoms with Crippen molar-refractivity contribution < 1.29 is 22.7 Å². The molecule has 0 saturated heterocycles. The highest BCUT2D eigenvalue weighted by Crippen LogP contribution is 2.08. The van der Waals surface area contributed by atoms with Crippen molar-refractivity contribution in [3.63, 3.8) is 0 Å². The molecule has 1 aromatic rings. The van der Waals surface area contributed by atoms with E-state index in [-0.39, 0.29) is 6.42 Å². The average Bonchev–Trinajstić information content (AvgIpc) is 2.35. The molecule has 1 atom stereocenters. The first-order valence-corrected chi connectivity index (χ1v) is 7.34. The number of carbonyl (C=O) groups excluding carboxylic acids is 2. The summed E-state index contributed by atoms with van der Waals surface area (Å²) >= 11 is 0. The van der Waals surface area contributed by atoms with Gasteiger partial charge in [-0.2, -0.15) is 0 Å². The minimum atomic E-state index is -3.53. The Kier molecular flexibility index (Phi) is 5.20. The Morgan fingerprint density at radius 2 is 2.16 bits per heavy atom. The fourth-order valence-electron chi connectivity index (χ4n) is 1.60. The molecule has 0 bridgehead atoms. The molecule has 0 aromatic heterocycles.